The molecule has 39 heavy (non-hydrogen) atoms. The van der Waals surface area contributed by atoms with Crippen LogP contribution in [0.4, 0.5) is 0 Å². The first kappa shape index (κ1) is 31.6. The largest absolute Gasteiger partial charge is 0.497 e. The van der Waals surface area contributed by atoms with Crippen molar-refractivity contribution in [3.63, 3.8) is 0 Å². The van der Waals surface area contributed by atoms with Crippen LogP contribution in [0, 0.1) is 17.3 Å². The van der Waals surface area contributed by atoms with Crippen LogP contribution in [0.3, 0.4) is 0 Å². The summed E-state index contributed by atoms with van der Waals surface area (Å²) in [5.74, 6) is 6.46. The van der Waals surface area contributed by atoms with Gasteiger partial charge in [-0.1, -0.05) is 56.0 Å². The van der Waals surface area contributed by atoms with Crippen molar-refractivity contribution in [2.75, 3.05) is 21.3 Å². The number of methoxy groups -OCH3 is 3. The number of ether oxygens (including phenoxy) is 4. The van der Waals surface area contributed by atoms with Gasteiger partial charge in [0.2, 0.25) is 0 Å². The second-order valence-electron chi connectivity index (χ2n) is 9.32. The highest BCUT2D eigenvalue weighted by molar-refractivity contribution is 5.86. The average Bonchev–Trinajstić information content (AvgIpc) is 3.42. The van der Waals surface area contributed by atoms with E-state index >= 15 is 0 Å². The van der Waals surface area contributed by atoms with E-state index in [1.165, 1.54) is 13.4 Å². The summed E-state index contributed by atoms with van der Waals surface area (Å²) in [5, 5.41) is 10.9. The first-order valence-corrected chi connectivity index (χ1v) is 12.7. The maximum absolute atomic E-state index is 11.5. The Balaban J connectivity index is 1.88. The molecular weight excluding hydrogens is 498 g/mol. The second kappa shape index (κ2) is 16.4. The smallest absolute Gasteiger partial charge is 0.360 e. The highest BCUT2D eigenvalue weighted by atomic mass is 16.5. The molecule has 1 aromatic carbocycles. The first-order chi connectivity index (χ1) is 18.7. The summed E-state index contributed by atoms with van der Waals surface area (Å²) in [6.45, 7) is 6.35. The Morgan fingerprint density at radius 3 is 2.49 bits per heavy atom. The standard InChI is InChI=1S/C31H39NO7/c1-7-13-28(38-21-23-16-18-24(35-4)19-17-23)31(2,3)27(33)15-12-10-8-9-11-14-25(36-5)20-29-32-26(22-39-29)30(34)37-6/h7,10-14,16-19,22,25,27-28,33H,15,20-21H2,1-6H3/b12-10-,13-7+,14-11+/t25-,27-,28-/m0/s1. The van der Waals surface area contributed by atoms with Gasteiger partial charge in [0.15, 0.2) is 11.6 Å². The summed E-state index contributed by atoms with van der Waals surface area (Å²) < 4.78 is 26.7. The number of nitrogens with zero attached hydrogens (tertiary/aromatic N) is 1. The van der Waals surface area contributed by atoms with Gasteiger partial charge in [0.05, 0.1) is 45.6 Å². The number of rotatable bonds is 14. The number of hydrogen-bond acceptors (Lipinski definition) is 8. The van der Waals surface area contributed by atoms with Gasteiger partial charge in [-0.25, -0.2) is 9.78 Å². The molecule has 8 nitrogen and oxygen atoms in total. The molecule has 0 fully saturated rings. The van der Waals surface area contributed by atoms with Crippen LogP contribution < -0.4 is 4.74 Å². The fourth-order valence-corrected chi connectivity index (χ4v) is 3.61. The molecule has 0 saturated carbocycles. The van der Waals surface area contributed by atoms with Gasteiger partial charge in [-0.15, -0.1) is 0 Å². The number of aliphatic hydroxyl groups excluding tert-OH is 1. The molecule has 2 rings (SSSR count). The summed E-state index contributed by atoms with van der Waals surface area (Å²) >= 11 is 0. The number of esters is 1. The first-order valence-electron chi connectivity index (χ1n) is 12.7. The Bertz CT molecular complexity index is 1170. The molecule has 0 aliphatic carbocycles. The normalized spacial score (nSPS) is 14.3. The van der Waals surface area contributed by atoms with E-state index in [9.17, 15) is 9.90 Å². The zero-order valence-electron chi connectivity index (χ0n) is 23.5. The molecule has 0 spiro atoms. The predicted molar refractivity (Wildman–Crippen MR) is 149 cm³/mol. The fourth-order valence-electron chi connectivity index (χ4n) is 3.61. The molecule has 0 amide bonds. The van der Waals surface area contributed by atoms with E-state index < -0.39 is 17.5 Å². The zero-order valence-corrected chi connectivity index (χ0v) is 23.5. The number of carbonyl (C=O) groups is 1. The zero-order chi connectivity index (χ0) is 28.7. The Morgan fingerprint density at radius 1 is 1.13 bits per heavy atom. The van der Waals surface area contributed by atoms with Crippen molar-refractivity contribution < 1.29 is 33.3 Å². The van der Waals surface area contributed by atoms with Gasteiger partial charge in [-0.3, -0.25) is 0 Å². The Kier molecular flexibility index (Phi) is 13.2. The third kappa shape index (κ3) is 10.2. The van der Waals surface area contributed by atoms with Crippen molar-refractivity contribution in [1.82, 2.24) is 4.98 Å². The van der Waals surface area contributed by atoms with Crippen molar-refractivity contribution >= 4 is 5.97 Å². The molecule has 1 aromatic heterocycles. The third-order valence-electron chi connectivity index (χ3n) is 6.21. The Morgan fingerprint density at radius 2 is 1.85 bits per heavy atom. The molecule has 3 atom stereocenters. The molecule has 0 unspecified atom stereocenters. The van der Waals surface area contributed by atoms with Crippen LogP contribution in [0.2, 0.25) is 0 Å². The number of allylic oxidation sites excluding steroid dienone is 3. The Labute approximate surface area is 231 Å². The van der Waals surface area contributed by atoms with E-state index in [-0.39, 0.29) is 17.9 Å². The monoisotopic (exact) mass is 537 g/mol. The number of hydrogen-bond donors (Lipinski definition) is 1. The van der Waals surface area contributed by atoms with Crippen molar-refractivity contribution in [3.8, 4) is 17.6 Å². The fraction of sp³-hybridized carbons (Fsp3) is 0.419. The molecule has 0 radical (unpaired) electrons. The van der Waals surface area contributed by atoms with E-state index in [0.29, 0.717) is 25.3 Å². The van der Waals surface area contributed by atoms with Crippen molar-refractivity contribution in [3.05, 3.63) is 84.1 Å². The molecule has 0 aliphatic heterocycles. The summed E-state index contributed by atoms with van der Waals surface area (Å²) in [6.07, 6.45) is 11.7. The van der Waals surface area contributed by atoms with Crippen molar-refractivity contribution in [2.24, 2.45) is 5.41 Å². The average molecular weight is 538 g/mol. The minimum absolute atomic E-state index is 0.113. The van der Waals surface area contributed by atoms with Gasteiger partial charge >= 0.3 is 5.97 Å². The minimum atomic E-state index is -0.642. The topological polar surface area (TPSA) is 100 Å². The number of oxazole rings is 1. The van der Waals surface area contributed by atoms with Crippen LogP contribution in [-0.4, -0.2) is 55.7 Å². The molecule has 1 N–H and O–H groups in total. The number of aromatic nitrogens is 1. The number of benzene rings is 1. The Hall–Kier alpha value is -3.64. The lowest BCUT2D eigenvalue weighted by Gasteiger charge is -2.36. The predicted octanol–water partition coefficient (Wildman–Crippen LogP) is 5.08. The molecule has 210 valence electrons. The maximum atomic E-state index is 11.5. The minimum Gasteiger partial charge on any atom is -0.497 e. The molecular formula is C31H39NO7. The van der Waals surface area contributed by atoms with Gasteiger partial charge in [0.1, 0.15) is 12.0 Å². The molecule has 8 heteroatoms. The van der Waals surface area contributed by atoms with Gasteiger partial charge in [0.25, 0.3) is 0 Å². The van der Waals surface area contributed by atoms with Crippen LogP contribution in [0.15, 0.2) is 71.4 Å². The van der Waals surface area contributed by atoms with E-state index in [1.807, 2.05) is 63.3 Å². The lowest BCUT2D eigenvalue weighted by Crippen LogP contribution is -2.40. The lowest BCUT2D eigenvalue weighted by molar-refractivity contribution is -0.0669. The molecule has 2 aromatic rings. The molecule has 0 bridgehead atoms. The van der Waals surface area contributed by atoms with Crippen LogP contribution in [0.1, 0.15) is 49.1 Å². The van der Waals surface area contributed by atoms with Gasteiger partial charge < -0.3 is 28.5 Å². The summed E-state index contributed by atoms with van der Waals surface area (Å²) in [7, 11) is 4.49. The maximum Gasteiger partial charge on any atom is 0.360 e. The van der Waals surface area contributed by atoms with Gasteiger partial charge in [0, 0.05) is 12.5 Å². The van der Waals surface area contributed by atoms with Crippen LogP contribution in [-0.2, 0) is 27.2 Å². The quantitative estimate of drug-likeness (QED) is 0.202. The van der Waals surface area contributed by atoms with Crippen molar-refractivity contribution in [2.45, 2.75) is 58.5 Å². The molecule has 0 saturated heterocycles. The summed E-state index contributed by atoms with van der Waals surface area (Å²) in [5.41, 5.74) is 0.610. The second-order valence-corrected chi connectivity index (χ2v) is 9.32. The van der Waals surface area contributed by atoms with Crippen LogP contribution in [0.25, 0.3) is 0 Å². The highest BCUT2D eigenvalue weighted by Gasteiger charge is 2.35. The summed E-state index contributed by atoms with van der Waals surface area (Å²) in [4.78, 5) is 15.6. The number of aliphatic hydroxyl groups is 1. The number of carbonyl (C=O) groups excluding carboxylic acids is 1. The van der Waals surface area contributed by atoms with Gasteiger partial charge in [-0.2, -0.15) is 0 Å². The van der Waals surface area contributed by atoms with E-state index in [0.717, 1.165) is 11.3 Å². The van der Waals surface area contributed by atoms with E-state index in [2.05, 4.69) is 21.6 Å². The van der Waals surface area contributed by atoms with E-state index in [1.54, 1.807) is 32.4 Å². The van der Waals surface area contributed by atoms with Crippen LogP contribution >= 0.6 is 0 Å². The molecule has 1 heterocycles. The highest BCUT2D eigenvalue weighted by Crippen LogP contribution is 2.32. The van der Waals surface area contributed by atoms with Crippen LogP contribution in [0.5, 0.6) is 5.75 Å². The molecule has 0 aliphatic rings. The van der Waals surface area contributed by atoms with E-state index in [4.69, 9.17) is 18.6 Å². The van der Waals surface area contributed by atoms with Gasteiger partial charge in [-0.05, 0) is 49.3 Å². The van der Waals surface area contributed by atoms with Crippen molar-refractivity contribution in [1.29, 1.82) is 0 Å². The summed E-state index contributed by atoms with van der Waals surface area (Å²) in [6, 6.07) is 7.74. The lowest BCUT2D eigenvalue weighted by atomic mass is 9.79. The SMILES string of the molecule is C/C=C/[C@H](OCc1ccc(OC)cc1)C(C)(C)[C@@H](O)C/C=C\C#C/C=C/[C@@H](Cc1nc(C(=O)OC)co1)OC. The third-order valence-corrected chi connectivity index (χ3v) is 6.21.